The van der Waals surface area contributed by atoms with Gasteiger partial charge in [-0.05, 0) is 44.2 Å². The van der Waals surface area contributed by atoms with Crippen molar-refractivity contribution >= 4 is 23.4 Å². The number of hydrogen-bond acceptors (Lipinski definition) is 4. The van der Waals surface area contributed by atoms with Gasteiger partial charge in [0.15, 0.2) is 6.61 Å². The molecular weight excluding hydrogens is 375 g/mol. The number of fused-ring (bicyclic) bond motifs is 3. The van der Waals surface area contributed by atoms with E-state index in [-0.39, 0.29) is 29.2 Å². The van der Waals surface area contributed by atoms with E-state index in [0.717, 1.165) is 6.07 Å². The van der Waals surface area contributed by atoms with E-state index >= 15 is 0 Å². The number of carbonyl (C=O) groups excluding carboxylic acids is 2. The third-order valence-electron chi connectivity index (χ3n) is 5.70. The number of carbonyl (C=O) groups is 2. The fourth-order valence-electron chi connectivity index (χ4n) is 4.08. The van der Waals surface area contributed by atoms with Gasteiger partial charge in [-0.15, -0.1) is 0 Å². The maximum Gasteiger partial charge on any atom is 0.258 e. The minimum Gasteiger partial charge on any atom is -0.484 e. The maximum absolute atomic E-state index is 13.4. The molecule has 3 N–H and O–H groups in total. The van der Waals surface area contributed by atoms with Crippen LogP contribution in [0.5, 0.6) is 5.75 Å². The molecular formula is C19H24ClFN2O4. The van der Waals surface area contributed by atoms with E-state index in [9.17, 15) is 19.1 Å². The van der Waals surface area contributed by atoms with Crippen molar-refractivity contribution in [1.29, 1.82) is 0 Å². The molecule has 1 atom stereocenters. The molecule has 3 aliphatic carbocycles. The van der Waals surface area contributed by atoms with Crippen LogP contribution in [0.2, 0.25) is 5.02 Å². The lowest BCUT2D eigenvalue weighted by molar-refractivity contribution is -0.135. The van der Waals surface area contributed by atoms with Crippen LogP contribution in [0.1, 0.15) is 45.4 Å². The van der Waals surface area contributed by atoms with Gasteiger partial charge >= 0.3 is 0 Å². The molecule has 0 heterocycles. The summed E-state index contributed by atoms with van der Waals surface area (Å²) in [5, 5.41) is 16.5. The molecule has 0 aliphatic heterocycles. The number of benzene rings is 1. The monoisotopic (exact) mass is 398 g/mol. The first-order valence-corrected chi connectivity index (χ1v) is 9.53. The molecule has 0 aromatic heterocycles. The minimum atomic E-state index is -0.706. The summed E-state index contributed by atoms with van der Waals surface area (Å²) in [5.74, 6) is -0.792. The van der Waals surface area contributed by atoms with Crippen LogP contribution in [0, 0.1) is 5.82 Å². The van der Waals surface area contributed by atoms with E-state index in [4.69, 9.17) is 16.3 Å². The predicted molar refractivity (Wildman–Crippen MR) is 98.0 cm³/mol. The molecule has 6 nitrogen and oxygen atoms in total. The van der Waals surface area contributed by atoms with Crippen molar-refractivity contribution in [2.45, 2.75) is 62.6 Å². The molecule has 0 saturated heterocycles. The molecule has 0 spiro atoms. The molecule has 27 heavy (non-hydrogen) atoms. The van der Waals surface area contributed by atoms with E-state index < -0.39 is 23.0 Å². The van der Waals surface area contributed by atoms with Crippen molar-refractivity contribution in [3.63, 3.8) is 0 Å². The van der Waals surface area contributed by atoms with Crippen LogP contribution in [0.3, 0.4) is 0 Å². The molecule has 0 unspecified atom stereocenters. The Morgan fingerprint density at radius 1 is 1.26 bits per heavy atom. The van der Waals surface area contributed by atoms with Gasteiger partial charge < -0.3 is 20.5 Å². The highest BCUT2D eigenvalue weighted by Gasteiger charge is 2.55. The highest BCUT2D eigenvalue weighted by molar-refractivity contribution is 6.30. The van der Waals surface area contributed by atoms with Crippen molar-refractivity contribution in [3.8, 4) is 5.75 Å². The SMILES string of the molecule is CCC(=O)NC12CCC(NC(=O)COc3ccc(Cl)c(F)c3)(CC1)C[C@@H]2O. The zero-order chi connectivity index (χ0) is 19.7. The third-order valence-corrected chi connectivity index (χ3v) is 6.00. The molecule has 3 saturated carbocycles. The second-order valence-electron chi connectivity index (χ2n) is 7.47. The predicted octanol–water partition coefficient (Wildman–Crippen LogP) is 2.32. The van der Waals surface area contributed by atoms with Crippen molar-refractivity contribution < 1.29 is 23.8 Å². The lowest BCUT2D eigenvalue weighted by Crippen LogP contribution is -2.70. The van der Waals surface area contributed by atoms with Crippen molar-refractivity contribution in [1.82, 2.24) is 10.6 Å². The van der Waals surface area contributed by atoms with Crippen LogP contribution in [0.4, 0.5) is 4.39 Å². The molecule has 1 aromatic carbocycles. The number of amides is 2. The Morgan fingerprint density at radius 3 is 2.56 bits per heavy atom. The Hall–Kier alpha value is -1.86. The van der Waals surface area contributed by atoms with Gasteiger partial charge in [-0.25, -0.2) is 4.39 Å². The quantitative estimate of drug-likeness (QED) is 0.686. The topological polar surface area (TPSA) is 87.7 Å². The molecule has 3 fully saturated rings. The second kappa shape index (κ2) is 7.64. The number of aliphatic hydroxyl groups is 1. The summed E-state index contributed by atoms with van der Waals surface area (Å²) in [6.07, 6.45) is 2.64. The van der Waals surface area contributed by atoms with E-state index in [2.05, 4.69) is 10.6 Å². The average molecular weight is 399 g/mol. The summed E-state index contributed by atoms with van der Waals surface area (Å²) in [7, 11) is 0. The highest BCUT2D eigenvalue weighted by Crippen LogP contribution is 2.47. The fraction of sp³-hybridized carbons (Fsp3) is 0.579. The smallest absolute Gasteiger partial charge is 0.258 e. The Bertz CT molecular complexity index is 734. The first kappa shape index (κ1) is 19.9. The third kappa shape index (κ3) is 4.19. The summed E-state index contributed by atoms with van der Waals surface area (Å²) in [4.78, 5) is 24.1. The molecule has 2 bridgehead atoms. The van der Waals surface area contributed by atoms with Crippen LogP contribution in [-0.2, 0) is 9.59 Å². The summed E-state index contributed by atoms with van der Waals surface area (Å²) in [6.45, 7) is 1.53. The standard InChI is InChI=1S/C19H24ClFN2O4/c1-2-16(25)23-19-7-5-18(6-8-19,10-15(19)24)22-17(26)11-27-12-3-4-13(20)14(21)9-12/h3-4,9,15,24H,2,5-8,10-11H2,1H3,(H,22,26)(H,23,25)/t15-,18?,19?/m0/s1. The molecule has 1 aromatic rings. The van der Waals surface area contributed by atoms with Gasteiger partial charge in [-0.3, -0.25) is 9.59 Å². The summed E-state index contributed by atoms with van der Waals surface area (Å²) >= 11 is 5.62. The Morgan fingerprint density at radius 2 is 1.96 bits per heavy atom. The van der Waals surface area contributed by atoms with Crippen LogP contribution in [-0.4, -0.2) is 40.7 Å². The number of hydrogen-bond donors (Lipinski definition) is 3. The normalized spacial score (nSPS) is 29.3. The highest BCUT2D eigenvalue weighted by atomic mass is 35.5. The average Bonchev–Trinajstić information content (AvgIpc) is 2.64. The first-order valence-electron chi connectivity index (χ1n) is 9.15. The molecule has 0 radical (unpaired) electrons. The first-order chi connectivity index (χ1) is 12.8. The van der Waals surface area contributed by atoms with E-state index in [1.807, 2.05) is 0 Å². The van der Waals surface area contributed by atoms with E-state index in [1.165, 1.54) is 12.1 Å². The van der Waals surface area contributed by atoms with E-state index in [1.54, 1.807) is 6.92 Å². The van der Waals surface area contributed by atoms with Gasteiger partial charge in [0, 0.05) is 18.0 Å². The van der Waals surface area contributed by atoms with Gasteiger partial charge in [-0.2, -0.15) is 0 Å². The molecule has 8 heteroatoms. The van der Waals surface area contributed by atoms with Crippen LogP contribution < -0.4 is 15.4 Å². The van der Waals surface area contributed by atoms with Gasteiger partial charge in [0.05, 0.1) is 16.7 Å². The van der Waals surface area contributed by atoms with Crippen LogP contribution >= 0.6 is 11.6 Å². The number of nitrogens with one attached hydrogen (secondary N) is 2. The van der Waals surface area contributed by atoms with Crippen molar-refractivity contribution in [2.75, 3.05) is 6.61 Å². The lowest BCUT2D eigenvalue weighted by Gasteiger charge is -2.56. The largest absolute Gasteiger partial charge is 0.484 e. The van der Waals surface area contributed by atoms with E-state index in [0.29, 0.717) is 38.5 Å². The Balaban J connectivity index is 1.56. The Kier molecular flexibility index (Phi) is 5.63. The lowest BCUT2D eigenvalue weighted by atomic mass is 9.60. The fourth-order valence-corrected chi connectivity index (χ4v) is 4.19. The van der Waals surface area contributed by atoms with Crippen LogP contribution in [0.25, 0.3) is 0 Å². The number of halogens is 2. The zero-order valence-electron chi connectivity index (χ0n) is 15.2. The maximum atomic E-state index is 13.4. The summed E-state index contributed by atoms with van der Waals surface area (Å²) in [5.41, 5.74) is -1.08. The minimum absolute atomic E-state index is 0.0114. The molecule has 2 amide bonds. The number of ether oxygens (including phenoxy) is 1. The Labute approximate surface area is 162 Å². The van der Waals surface area contributed by atoms with Gasteiger partial charge in [0.1, 0.15) is 11.6 Å². The molecule has 4 rings (SSSR count). The van der Waals surface area contributed by atoms with Gasteiger partial charge in [0.2, 0.25) is 5.91 Å². The number of rotatable bonds is 6. The van der Waals surface area contributed by atoms with Gasteiger partial charge in [-0.1, -0.05) is 18.5 Å². The number of aliphatic hydroxyl groups excluding tert-OH is 1. The van der Waals surface area contributed by atoms with Crippen LogP contribution in [0.15, 0.2) is 18.2 Å². The summed E-state index contributed by atoms with van der Waals surface area (Å²) < 4.78 is 18.8. The molecule has 3 aliphatic rings. The zero-order valence-corrected chi connectivity index (χ0v) is 15.9. The second-order valence-corrected chi connectivity index (χ2v) is 7.88. The van der Waals surface area contributed by atoms with Crippen molar-refractivity contribution in [3.05, 3.63) is 29.0 Å². The van der Waals surface area contributed by atoms with Crippen molar-refractivity contribution in [2.24, 2.45) is 0 Å². The van der Waals surface area contributed by atoms with Gasteiger partial charge in [0.25, 0.3) is 5.91 Å². The summed E-state index contributed by atoms with van der Waals surface area (Å²) in [6, 6.07) is 3.99. The molecule has 148 valence electrons.